The minimum absolute atomic E-state index is 0.363. The van der Waals surface area contributed by atoms with Crippen LogP contribution in [0.2, 0.25) is 0 Å². The summed E-state index contributed by atoms with van der Waals surface area (Å²) in [5.74, 6) is -1.08. The van der Waals surface area contributed by atoms with Gasteiger partial charge in [0.05, 0.1) is 6.54 Å². The topological polar surface area (TPSA) is 49.4 Å². The maximum absolute atomic E-state index is 12.8. The van der Waals surface area contributed by atoms with Crippen molar-refractivity contribution in [3.8, 4) is 0 Å². The Labute approximate surface area is 160 Å². The summed E-state index contributed by atoms with van der Waals surface area (Å²) in [4.78, 5) is 26.8. The van der Waals surface area contributed by atoms with Crippen LogP contribution in [0.5, 0.6) is 0 Å². The maximum atomic E-state index is 12.8. The summed E-state index contributed by atoms with van der Waals surface area (Å²) in [6, 6.07) is 19.0. The molecule has 0 atom stereocenters. The number of anilines is 1. The first-order valence-corrected chi connectivity index (χ1v) is 9.60. The van der Waals surface area contributed by atoms with Gasteiger partial charge in [-0.1, -0.05) is 60.2 Å². The van der Waals surface area contributed by atoms with Gasteiger partial charge in [0.1, 0.15) is 0 Å². The number of nitrogens with one attached hydrogen (secondary N) is 1. The van der Waals surface area contributed by atoms with Crippen molar-refractivity contribution in [3.63, 3.8) is 0 Å². The lowest BCUT2D eigenvalue weighted by Crippen LogP contribution is -2.43. The highest BCUT2D eigenvalue weighted by Gasteiger charge is 2.23. The van der Waals surface area contributed by atoms with Gasteiger partial charge in [-0.3, -0.25) is 14.5 Å². The first kappa shape index (κ1) is 18.9. The Morgan fingerprint density at radius 3 is 2.30 bits per heavy atom. The van der Waals surface area contributed by atoms with Crippen LogP contribution in [0.4, 0.5) is 5.69 Å². The lowest BCUT2D eigenvalue weighted by Gasteiger charge is -2.22. The molecular formula is C23H26N2O2. The fourth-order valence-corrected chi connectivity index (χ4v) is 3.32. The summed E-state index contributed by atoms with van der Waals surface area (Å²) < 4.78 is 0. The van der Waals surface area contributed by atoms with E-state index >= 15 is 0 Å². The molecule has 4 heteroatoms. The van der Waals surface area contributed by atoms with Crippen molar-refractivity contribution in [2.75, 3.05) is 11.4 Å². The van der Waals surface area contributed by atoms with Crippen LogP contribution in [0.3, 0.4) is 0 Å². The molecule has 1 aliphatic carbocycles. The van der Waals surface area contributed by atoms with Gasteiger partial charge in [0.25, 0.3) is 0 Å². The van der Waals surface area contributed by atoms with E-state index < -0.39 is 11.8 Å². The first-order chi connectivity index (χ1) is 13.2. The molecule has 0 aromatic heterocycles. The largest absolute Gasteiger partial charge is 0.347 e. The predicted molar refractivity (Wildman–Crippen MR) is 108 cm³/mol. The van der Waals surface area contributed by atoms with Gasteiger partial charge in [-0.15, -0.1) is 0 Å². The van der Waals surface area contributed by atoms with Crippen molar-refractivity contribution in [1.82, 2.24) is 5.32 Å². The minimum Gasteiger partial charge on any atom is -0.347 e. The molecular weight excluding hydrogens is 336 g/mol. The van der Waals surface area contributed by atoms with Crippen molar-refractivity contribution >= 4 is 17.5 Å². The number of carbonyl (C=O) groups is 2. The second-order valence-electron chi connectivity index (χ2n) is 6.83. The monoisotopic (exact) mass is 362 g/mol. The molecule has 0 spiro atoms. The summed E-state index contributed by atoms with van der Waals surface area (Å²) in [5.41, 5.74) is 3.09. The zero-order chi connectivity index (χ0) is 18.9. The van der Waals surface area contributed by atoms with Gasteiger partial charge >= 0.3 is 11.8 Å². The van der Waals surface area contributed by atoms with E-state index in [9.17, 15) is 9.59 Å². The summed E-state index contributed by atoms with van der Waals surface area (Å²) in [7, 11) is 0. The van der Waals surface area contributed by atoms with Crippen LogP contribution in [0.25, 0.3) is 0 Å². The van der Waals surface area contributed by atoms with Crippen LogP contribution < -0.4 is 10.2 Å². The normalized spacial score (nSPS) is 13.6. The molecule has 0 fully saturated rings. The number of nitrogens with zero attached hydrogens (tertiary/aromatic N) is 1. The molecule has 0 heterocycles. The number of benzene rings is 2. The summed E-state index contributed by atoms with van der Waals surface area (Å²) >= 11 is 0. The fourth-order valence-electron chi connectivity index (χ4n) is 3.32. The molecule has 2 aromatic carbocycles. The molecule has 1 N–H and O–H groups in total. The van der Waals surface area contributed by atoms with Crippen LogP contribution in [-0.2, 0) is 16.1 Å². The van der Waals surface area contributed by atoms with E-state index in [1.807, 2.05) is 60.7 Å². The van der Waals surface area contributed by atoms with Crippen molar-refractivity contribution in [2.45, 2.75) is 38.6 Å². The molecule has 140 valence electrons. The van der Waals surface area contributed by atoms with E-state index in [0.29, 0.717) is 13.1 Å². The van der Waals surface area contributed by atoms with Gasteiger partial charge in [-0.25, -0.2) is 0 Å². The van der Waals surface area contributed by atoms with Crippen LogP contribution in [0, 0.1) is 0 Å². The standard InChI is InChI=1S/C23H26N2O2/c26-22(24-17-16-19-10-4-1-5-11-19)23(27)25(21-14-8-3-9-15-21)18-20-12-6-2-7-13-20/h2-3,6-10,12-15H,1,4-5,11,16-18H2,(H,24,26). The number of rotatable bonds is 6. The Hall–Kier alpha value is -2.88. The zero-order valence-corrected chi connectivity index (χ0v) is 15.6. The SMILES string of the molecule is O=C(NCCC1=CCCCC1)C(=O)N(Cc1ccccc1)c1ccccc1. The number of allylic oxidation sites excluding steroid dienone is 1. The fraction of sp³-hybridized carbons (Fsp3) is 0.304. The molecule has 0 saturated heterocycles. The Kier molecular flexibility index (Phi) is 6.80. The first-order valence-electron chi connectivity index (χ1n) is 9.60. The summed E-state index contributed by atoms with van der Waals surface area (Å²) in [6.45, 7) is 0.868. The Bertz CT molecular complexity index is 785. The summed E-state index contributed by atoms with van der Waals surface area (Å²) in [5, 5.41) is 2.79. The molecule has 0 radical (unpaired) electrons. The van der Waals surface area contributed by atoms with E-state index in [2.05, 4.69) is 11.4 Å². The molecule has 27 heavy (non-hydrogen) atoms. The molecule has 0 saturated carbocycles. The molecule has 3 rings (SSSR count). The number of amides is 2. The van der Waals surface area contributed by atoms with E-state index in [-0.39, 0.29) is 0 Å². The Morgan fingerprint density at radius 2 is 1.63 bits per heavy atom. The summed E-state index contributed by atoms with van der Waals surface area (Å²) in [6.07, 6.45) is 7.79. The van der Waals surface area contributed by atoms with E-state index in [4.69, 9.17) is 0 Å². The van der Waals surface area contributed by atoms with Gasteiger partial charge in [-0.05, 0) is 49.8 Å². The average molecular weight is 362 g/mol. The number of para-hydroxylation sites is 1. The quantitative estimate of drug-likeness (QED) is 0.618. The van der Waals surface area contributed by atoms with E-state index in [1.165, 1.54) is 23.3 Å². The molecule has 0 aliphatic heterocycles. The van der Waals surface area contributed by atoms with Crippen LogP contribution in [-0.4, -0.2) is 18.4 Å². The number of hydrogen-bond donors (Lipinski definition) is 1. The lowest BCUT2D eigenvalue weighted by atomic mass is 9.97. The van der Waals surface area contributed by atoms with Crippen LogP contribution in [0.15, 0.2) is 72.3 Å². The second kappa shape index (κ2) is 9.72. The van der Waals surface area contributed by atoms with E-state index in [0.717, 1.165) is 30.5 Å². The molecule has 1 aliphatic rings. The number of carbonyl (C=O) groups excluding carboxylic acids is 2. The van der Waals surface area contributed by atoms with Crippen molar-refractivity contribution in [1.29, 1.82) is 0 Å². The predicted octanol–water partition coefficient (Wildman–Crippen LogP) is 4.23. The van der Waals surface area contributed by atoms with Gasteiger partial charge in [-0.2, -0.15) is 0 Å². The van der Waals surface area contributed by atoms with Crippen LogP contribution in [0.1, 0.15) is 37.7 Å². The third-order valence-corrected chi connectivity index (χ3v) is 4.81. The molecule has 0 unspecified atom stereocenters. The lowest BCUT2D eigenvalue weighted by molar-refractivity contribution is -0.137. The van der Waals surface area contributed by atoms with Crippen molar-refractivity contribution in [3.05, 3.63) is 77.9 Å². The molecule has 2 amide bonds. The average Bonchev–Trinajstić information content (AvgIpc) is 2.73. The Balaban J connectivity index is 1.64. The second-order valence-corrected chi connectivity index (χ2v) is 6.83. The molecule has 2 aromatic rings. The zero-order valence-electron chi connectivity index (χ0n) is 15.6. The smallest absolute Gasteiger partial charge is 0.316 e. The maximum Gasteiger partial charge on any atom is 0.316 e. The van der Waals surface area contributed by atoms with Crippen molar-refractivity contribution < 1.29 is 9.59 Å². The Morgan fingerprint density at radius 1 is 0.926 bits per heavy atom. The van der Waals surface area contributed by atoms with Crippen LogP contribution >= 0.6 is 0 Å². The molecule has 0 bridgehead atoms. The third kappa shape index (κ3) is 5.55. The van der Waals surface area contributed by atoms with Gasteiger partial charge < -0.3 is 5.32 Å². The van der Waals surface area contributed by atoms with Gasteiger partial charge in [0.15, 0.2) is 0 Å². The highest BCUT2D eigenvalue weighted by molar-refractivity contribution is 6.40. The third-order valence-electron chi connectivity index (χ3n) is 4.81. The molecule has 4 nitrogen and oxygen atoms in total. The number of hydrogen-bond acceptors (Lipinski definition) is 2. The van der Waals surface area contributed by atoms with E-state index in [1.54, 1.807) is 0 Å². The highest BCUT2D eigenvalue weighted by Crippen LogP contribution is 2.20. The van der Waals surface area contributed by atoms with Gasteiger partial charge in [0.2, 0.25) is 0 Å². The minimum atomic E-state index is -0.550. The van der Waals surface area contributed by atoms with Crippen molar-refractivity contribution in [2.24, 2.45) is 0 Å². The van der Waals surface area contributed by atoms with Gasteiger partial charge in [0, 0.05) is 12.2 Å². The highest BCUT2D eigenvalue weighted by atomic mass is 16.2.